The van der Waals surface area contributed by atoms with E-state index in [1.165, 1.54) is 21.5 Å². The van der Waals surface area contributed by atoms with Crippen LogP contribution < -0.4 is 0 Å². The molecule has 0 spiro atoms. The van der Waals surface area contributed by atoms with Crippen molar-refractivity contribution in [2.75, 3.05) is 0 Å². The number of hydrogen-bond acceptors (Lipinski definition) is 4. The molecule has 7 aromatic carbocycles. The highest BCUT2D eigenvalue weighted by atomic mass is 16.3. The van der Waals surface area contributed by atoms with Gasteiger partial charge in [-0.3, -0.25) is 0 Å². The lowest BCUT2D eigenvalue weighted by atomic mass is 10.0. The maximum absolute atomic E-state index is 6.46. The van der Waals surface area contributed by atoms with Gasteiger partial charge in [-0.1, -0.05) is 91.0 Å². The van der Waals surface area contributed by atoms with Gasteiger partial charge in [0.25, 0.3) is 0 Å². The number of aromatic nitrogens is 4. The zero-order chi connectivity index (χ0) is 33.9. The molecule has 0 saturated carbocycles. The van der Waals surface area contributed by atoms with Gasteiger partial charge in [0.05, 0.1) is 39.3 Å². The molecule has 0 aliphatic rings. The van der Waals surface area contributed by atoms with Crippen molar-refractivity contribution >= 4 is 87.6 Å². The number of nitrogens with zero attached hydrogens (tertiary/aromatic N) is 4. The smallest absolute Gasteiger partial charge is 0.172 e. The van der Waals surface area contributed by atoms with Gasteiger partial charge in [-0.15, -0.1) is 0 Å². The Labute approximate surface area is 295 Å². The van der Waals surface area contributed by atoms with Crippen molar-refractivity contribution in [3.05, 3.63) is 158 Å². The highest BCUT2D eigenvalue weighted by molar-refractivity contribution is 6.17. The summed E-state index contributed by atoms with van der Waals surface area (Å²) in [5.74, 6) is 0.613. The molecule has 0 aliphatic carbocycles. The Balaban J connectivity index is 1.16. The molecule has 0 aliphatic heterocycles. The Bertz CT molecular complexity index is 3330. The van der Waals surface area contributed by atoms with Gasteiger partial charge in [-0.05, 0) is 60.7 Å². The third-order valence-corrected chi connectivity index (χ3v) is 10.6. The molecule has 6 heteroatoms. The van der Waals surface area contributed by atoms with Crippen LogP contribution in [0, 0.1) is 0 Å². The summed E-state index contributed by atoms with van der Waals surface area (Å²) < 4.78 is 17.5. The van der Waals surface area contributed by atoms with Gasteiger partial charge >= 0.3 is 0 Å². The summed E-state index contributed by atoms with van der Waals surface area (Å²) >= 11 is 0. The SMILES string of the molecule is c1ccc2c(c1)oc1ccc(-c3ncc4oc5ccc(-n6c7ccccc7c7ccccc76)cc5c4n3)c(-n3c4ccccc4c4ccccc43)c12. The fourth-order valence-electron chi connectivity index (χ4n) is 8.39. The van der Waals surface area contributed by atoms with Crippen molar-refractivity contribution in [2.45, 2.75) is 0 Å². The number of rotatable bonds is 3. The molecule has 0 radical (unpaired) electrons. The van der Waals surface area contributed by atoms with Crippen LogP contribution in [0.4, 0.5) is 0 Å². The monoisotopic (exact) mass is 666 g/mol. The van der Waals surface area contributed by atoms with E-state index >= 15 is 0 Å². The van der Waals surface area contributed by atoms with Crippen LogP contribution in [0.15, 0.2) is 167 Å². The van der Waals surface area contributed by atoms with Gasteiger partial charge in [0.2, 0.25) is 0 Å². The number of benzene rings is 7. The van der Waals surface area contributed by atoms with Crippen LogP contribution in [0.5, 0.6) is 0 Å². The van der Waals surface area contributed by atoms with Crippen molar-refractivity contribution < 1.29 is 8.83 Å². The van der Waals surface area contributed by atoms with E-state index in [-0.39, 0.29) is 0 Å². The highest BCUT2D eigenvalue weighted by Crippen LogP contribution is 2.43. The molecule has 0 saturated heterocycles. The molecule has 0 atom stereocenters. The average molecular weight is 667 g/mol. The molecular weight excluding hydrogens is 641 g/mol. The minimum Gasteiger partial charge on any atom is -0.456 e. The van der Waals surface area contributed by atoms with Crippen LogP contribution in [-0.4, -0.2) is 19.1 Å². The van der Waals surface area contributed by atoms with Crippen molar-refractivity contribution in [2.24, 2.45) is 0 Å². The van der Waals surface area contributed by atoms with Gasteiger partial charge in [-0.2, -0.15) is 0 Å². The van der Waals surface area contributed by atoms with E-state index in [2.05, 4.69) is 137 Å². The second-order valence-electron chi connectivity index (χ2n) is 13.4. The summed E-state index contributed by atoms with van der Waals surface area (Å²) in [6.07, 6.45) is 1.81. The van der Waals surface area contributed by atoms with Crippen LogP contribution in [0.1, 0.15) is 0 Å². The third kappa shape index (κ3) is 3.67. The van der Waals surface area contributed by atoms with E-state index in [1.54, 1.807) is 0 Å². The molecule has 0 bridgehead atoms. The maximum Gasteiger partial charge on any atom is 0.172 e. The number of furan rings is 2. The van der Waals surface area contributed by atoms with Crippen LogP contribution in [-0.2, 0) is 0 Å². The van der Waals surface area contributed by atoms with Crippen molar-refractivity contribution in [3.8, 4) is 22.8 Å². The summed E-state index contributed by atoms with van der Waals surface area (Å²) in [5, 5.41) is 7.81. The van der Waals surface area contributed by atoms with Crippen molar-refractivity contribution in [1.82, 2.24) is 19.1 Å². The van der Waals surface area contributed by atoms with Crippen LogP contribution in [0.2, 0.25) is 0 Å². The fourth-order valence-corrected chi connectivity index (χ4v) is 8.39. The molecule has 52 heavy (non-hydrogen) atoms. The molecule has 6 nitrogen and oxygen atoms in total. The topological polar surface area (TPSA) is 61.9 Å². The Kier molecular flexibility index (Phi) is 5.41. The van der Waals surface area contributed by atoms with Crippen molar-refractivity contribution in [1.29, 1.82) is 0 Å². The number of fused-ring (bicyclic) bond motifs is 12. The predicted octanol–water partition coefficient (Wildman–Crippen LogP) is 12.1. The van der Waals surface area contributed by atoms with E-state index < -0.39 is 0 Å². The number of para-hydroxylation sites is 5. The molecule has 12 rings (SSSR count). The average Bonchev–Trinajstić information content (AvgIpc) is 3.95. The van der Waals surface area contributed by atoms with Gasteiger partial charge < -0.3 is 18.0 Å². The fraction of sp³-hybridized carbons (Fsp3) is 0. The lowest BCUT2D eigenvalue weighted by molar-refractivity contribution is 0.665. The second-order valence-corrected chi connectivity index (χ2v) is 13.4. The minimum atomic E-state index is 0.613. The quantitative estimate of drug-likeness (QED) is 0.188. The van der Waals surface area contributed by atoms with Gasteiger partial charge in [0.1, 0.15) is 22.3 Å². The second kappa shape index (κ2) is 10.2. The van der Waals surface area contributed by atoms with Gasteiger partial charge in [0.15, 0.2) is 11.4 Å². The first kappa shape index (κ1) is 27.6. The third-order valence-electron chi connectivity index (χ3n) is 10.6. The summed E-state index contributed by atoms with van der Waals surface area (Å²) in [5.41, 5.74) is 11.3. The lowest BCUT2D eigenvalue weighted by Crippen LogP contribution is -2.00. The van der Waals surface area contributed by atoms with Crippen LogP contribution >= 0.6 is 0 Å². The lowest BCUT2D eigenvalue weighted by Gasteiger charge is -2.14. The standard InChI is InChI=1S/C46H26N4O2/c1-6-16-35-28(11-1)29-12-2-7-17-36(29)49(35)27-21-23-40-34(25-27)44-42(52-40)26-47-46(48-44)33-22-24-41-43(32-15-5-10-20-39(32)51-41)45(33)50-37-18-8-3-13-30(37)31-14-4-9-19-38(31)50/h1-26H. The normalized spacial score (nSPS) is 12.2. The minimum absolute atomic E-state index is 0.613. The zero-order valence-corrected chi connectivity index (χ0v) is 27.6. The Morgan fingerprint density at radius 3 is 1.60 bits per heavy atom. The molecule has 0 amide bonds. The summed E-state index contributed by atoms with van der Waals surface area (Å²) in [4.78, 5) is 10.3. The first-order valence-corrected chi connectivity index (χ1v) is 17.4. The number of hydrogen-bond donors (Lipinski definition) is 0. The van der Waals surface area contributed by atoms with E-state index in [1.807, 2.05) is 30.5 Å². The summed E-state index contributed by atoms with van der Waals surface area (Å²) in [6.45, 7) is 0. The van der Waals surface area contributed by atoms with E-state index in [4.69, 9.17) is 18.8 Å². The molecule has 5 heterocycles. The molecule has 12 aromatic rings. The molecule has 5 aromatic heterocycles. The molecule has 242 valence electrons. The van der Waals surface area contributed by atoms with Crippen LogP contribution in [0.25, 0.3) is 110 Å². The molecule has 0 N–H and O–H groups in total. The van der Waals surface area contributed by atoms with Gasteiger partial charge in [-0.25, -0.2) is 9.97 Å². The van der Waals surface area contributed by atoms with Crippen molar-refractivity contribution in [3.63, 3.8) is 0 Å². The Morgan fingerprint density at radius 2 is 0.942 bits per heavy atom. The predicted molar refractivity (Wildman–Crippen MR) is 211 cm³/mol. The first-order chi connectivity index (χ1) is 25.8. The van der Waals surface area contributed by atoms with E-state index in [0.29, 0.717) is 11.4 Å². The molecule has 0 fully saturated rings. The summed E-state index contributed by atoms with van der Waals surface area (Å²) in [6, 6.07) is 53.0. The van der Waals surface area contributed by atoms with E-state index in [0.717, 1.165) is 77.4 Å². The van der Waals surface area contributed by atoms with E-state index in [9.17, 15) is 0 Å². The Morgan fingerprint density at radius 1 is 0.423 bits per heavy atom. The largest absolute Gasteiger partial charge is 0.456 e. The Hall–Kier alpha value is -7.18. The first-order valence-electron chi connectivity index (χ1n) is 17.4. The van der Waals surface area contributed by atoms with Gasteiger partial charge in [0, 0.05) is 43.6 Å². The van der Waals surface area contributed by atoms with Crippen LogP contribution in [0.3, 0.4) is 0 Å². The molecular formula is C46H26N4O2. The zero-order valence-electron chi connectivity index (χ0n) is 27.6. The molecule has 0 unspecified atom stereocenters. The summed E-state index contributed by atoms with van der Waals surface area (Å²) in [7, 11) is 0. The highest BCUT2D eigenvalue weighted by Gasteiger charge is 2.24. The maximum atomic E-state index is 6.46.